The Kier molecular flexibility index (Phi) is 9.80. The number of hydrogen-bond donors (Lipinski definition) is 1. The Labute approximate surface area is 256 Å². The number of sulfonamides is 1. The molecule has 0 spiro atoms. The molecule has 1 fully saturated rings. The van der Waals surface area contributed by atoms with E-state index in [0.29, 0.717) is 16.3 Å². The van der Waals surface area contributed by atoms with Crippen molar-refractivity contribution in [1.29, 1.82) is 0 Å². The molecule has 0 aromatic heterocycles. The van der Waals surface area contributed by atoms with Gasteiger partial charge in [0.1, 0.15) is 17.6 Å². The fraction of sp³-hybridized carbons (Fsp3) is 0.355. The average molecular weight is 632 g/mol. The molecule has 9 nitrogen and oxygen atoms in total. The third-order valence-corrected chi connectivity index (χ3v) is 9.23. The first kappa shape index (κ1) is 32.4. The van der Waals surface area contributed by atoms with Crippen molar-refractivity contribution in [3.63, 3.8) is 0 Å². The summed E-state index contributed by atoms with van der Waals surface area (Å²) in [5.74, 6) is -1.39. The molecule has 0 aliphatic carbocycles. The van der Waals surface area contributed by atoms with Crippen LogP contribution in [0.25, 0.3) is 0 Å². The van der Waals surface area contributed by atoms with E-state index in [1.54, 1.807) is 64.3 Å². The molecule has 1 aliphatic heterocycles. The molecule has 1 amide bonds. The van der Waals surface area contributed by atoms with Crippen LogP contribution in [0.2, 0.25) is 5.02 Å². The van der Waals surface area contributed by atoms with Gasteiger partial charge in [-0.2, -0.15) is 4.31 Å². The van der Waals surface area contributed by atoms with Gasteiger partial charge in [0, 0.05) is 19.1 Å². The Morgan fingerprint density at radius 3 is 2.26 bits per heavy atom. The van der Waals surface area contributed by atoms with Gasteiger partial charge in [0.15, 0.2) is 11.7 Å². The van der Waals surface area contributed by atoms with Crippen molar-refractivity contribution in [3.05, 3.63) is 94.8 Å². The number of nitrogens with zero attached hydrogens (tertiary/aromatic N) is 2. The predicted molar refractivity (Wildman–Crippen MR) is 160 cm³/mol. The normalized spacial score (nSPS) is 16.2. The second-order valence-electron chi connectivity index (χ2n) is 11.1. The number of likely N-dealkylation sites (N-methyl/N-ethyl adjacent to an activating group) is 1. The summed E-state index contributed by atoms with van der Waals surface area (Å²) in [7, 11) is -0.811. The number of rotatable bonds is 11. The summed E-state index contributed by atoms with van der Waals surface area (Å²) in [6.07, 6.45) is -0.976. The Morgan fingerprint density at radius 2 is 1.67 bits per heavy atom. The van der Waals surface area contributed by atoms with E-state index in [1.807, 2.05) is 0 Å². The lowest BCUT2D eigenvalue weighted by Crippen LogP contribution is -2.64. The average Bonchev–Trinajstić information content (AvgIpc) is 2.94. The zero-order valence-corrected chi connectivity index (χ0v) is 25.9. The lowest BCUT2D eigenvalue weighted by molar-refractivity contribution is -0.163. The number of benzene rings is 3. The SMILES string of the molecule is CC(C)C(OC(=O)[C@@H](N)Cc1cccc(S(=O)(=O)N2CC(Oc3ccc(F)cc3)(c3ccc(Cl)cc3)C2)c1)C(=O)N(C)C. The maximum Gasteiger partial charge on any atom is 0.324 e. The van der Waals surface area contributed by atoms with E-state index in [2.05, 4.69) is 0 Å². The fourth-order valence-corrected chi connectivity index (χ4v) is 6.47. The molecule has 0 bridgehead atoms. The van der Waals surface area contributed by atoms with Crippen molar-refractivity contribution >= 4 is 33.5 Å². The highest BCUT2D eigenvalue weighted by molar-refractivity contribution is 7.89. The zero-order valence-electron chi connectivity index (χ0n) is 24.4. The van der Waals surface area contributed by atoms with Gasteiger partial charge in [0.2, 0.25) is 10.0 Å². The Balaban J connectivity index is 1.50. The van der Waals surface area contributed by atoms with Crippen LogP contribution in [0.3, 0.4) is 0 Å². The summed E-state index contributed by atoms with van der Waals surface area (Å²) in [6.45, 7) is 3.53. The van der Waals surface area contributed by atoms with Crippen molar-refractivity contribution in [2.75, 3.05) is 27.2 Å². The fourth-order valence-electron chi connectivity index (χ4n) is 4.74. The minimum atomic E-state index is -3.96. The summed E-state index contributed by atoms with van der Waals surface area (Å²) in [6, 6.07) is 17.5. The molecule has 230 valence electrons. The molecule has 43 heavy (non-hydrogen) atoms. The highest BCUT2D eigenvalue weighted by Crippen LogP contribution is 2.40. The summed E-state index contributed by atoms with van der Waals surface area (Å²) in [5, 5.41) is 0.521. The van der Waals surface area contributed by atoms with E-state index in [-0.39, 0.29) is 36.2 Å². The summed E-state index contributed by atoms with van der Waals surface area (Å²) >= 11 is 6.07. The molecular formula is C31H35ClFN3O6S. The summed E-state index contributed by atoms with van der Waals surface area (Å²) < 4.78 is 53.8. The molecule has 2 atom stereocenters. The molecule has 3 aromatic rings. The van der Waals surface area contributed by atoms with Gasteiger partial charge in [-0.1, -0.05) is 49.7 Å². The quantitative estimate of drug-likeness (QED) is 0.318. The first-order chi connectivity index (χ1) is 20.2. The zero-order chi connectivity index (χ0) is 31.5. The highest BCUT2D eigenvalue weighted by atomic mass is 35.5. The molecule has 3 aromatic carbocycles. The van der Waals surface area contributed by atoms with E-state index < -0.39 is 39.6 Å². The number of carbonyl (C=O) groups is 2. The van der Waals surface area contributed by atoms with Crippen molar-refractivity contribution in [3.8, 4) is 5.75 Å². The second-order valence-corrected chi connectivity index (χ2v) is 13.5. The van der Waals surface area contributed by atoms with Crippen LogP contribution in [-0.4, -0.2) is 68.8 Å². The second kappa shape index (κ2) is 13.0. The van der Waals surface area contributed by atoms with Crippen LogP contribution in [0.5, 0.6) is 5.75 Å². The summed E-state index contributed by atoms with van der Waals surface area (Å²) in [5.41, 5.74) is 6.33. The van der Waals surface area contributed by atoms with Gasteiger partial charge < -0.3 is 20.1 Å². The van der Waals surface area contributed by atoms with Gasteiger partial charge in [-0.05, 0) is 72.0 Å². The first-order valence-corrected chi connectivity index (χ1v) is 15.5. The standard InChI is InChI=1S/C31H35ClFN3O6S/c1-20(2)28(29(37)35(3)4)41-30(38)27(34)17-21-6-5-7-26(16-21)43(39,40)36-18-31(19-36,22-8-10-23(32)11-9-22)42-25-14-12-24(33)13-15-25/h5-16,20,27-28H,17-19,34H2,1-4H3/t27-,28?/m0/s1. The van der Waals surface area contributed by atoms with Gasteiger partial charge in [0.25, 0.3) is 5.91 Å². The minimum Gasteiger partial charge on any atom is -0.480 e. The van der Waals surface area contributed by atoms with Crippen LogP contribution in [0, 0.1) is 11.7 Å². The number of amides is 1. The molecule has 4 rings (SSSR count). The topological polar surface area (TPSA) is 119 Å². The van der Waals surface area contributed by atoms with Gasteiger partial charge >= 0.3 is 5.97 Å². The maximum absolute atomic E-state index is 13.7. The molecule has 1 saturated heterocycles. The molecule has 1 aliphatic rings. The van der Waals surface area contributed by atoms with E-state index in [1.165, 1.54) is 45.6 Å². The van der Waals surface area contributed by atoms with Crippen LogP contribution < -0.4 is 10.5 Å². The number of ether oxygens (including phenoxy) is 2. The Hall–Kier alpha value is -3.51. The molecule has 1 heterocycles. The number of hydrogen-bond acceptors (Lipinski definition) is 7. The van der Waals surface area contributed by atoms with Gasteiger partial charge in [-0.25, -0.2) is 12.8 Å². The van der Waals surface area contributed by atoms with E-state index in [9.17, 15) is 22.4 Å². The monoisotopic (exact) mass is 631 g/mol. The number of esters is 1. The lowest BCUT2D eigenvalue weighted by Gasteiger charge is -2.48. The highest BCUT2D eigenvalue weighted by Gasteiger charge is 2.52. The van der Waals surface area contributed by atoms with Crippen LogP contribution in [0.4, 0.5) is 4.39 Å². The van der Waals surface area contributed by atoms with Crippen molar-refractivity contribution in [1.82, 2.24) is 9.21 Å². The Morgan fingerprint density at radius 1 is 1.05 bits per heavy atom. The summed E-state index contributed by atoms with van der Waals surface area (Å²) in [4.78, 5) is 26.5. The third-order valence-electron chi connectivity index (χ3n) is 7.19. The minimum absolute atomic E-state index is 0.000896. The largest absolute Gasteiger partial charge is 0.480 e. The number of carbonyl (C=O) groups excluding carboxylic acids is 2. The van der Waals surface area contributed by atoms with Crippen LogP contribution in [-0.2, 0) is 36.4 Å². The molecule has 0 radical (unpaired) electrons. The van der Waals surface area contributed by atoms with E-state index in [0.717, 1.165) is 5.56 Å². The lowest BCUT2D eigenvalue weighted by atomic mass is 9.87. The number of halogens is 2. The van der Waals surface area contributed by atoms with Crippen molar-refractivity contribution in [2.45, 2.75) is 42.9 Å². The van der Waals surface area contributed by atoms with Crippen molar-refractivity contribution < 1.29 is 31.9 Å². The molecule has 2 N–H and O–H groups in total. The third kappa shape index (κ3) is 7.35. The predicted octanol–water partition coefficient (Wildman–Crippen LogP) is 3.98. The molecule has 12 heteroatoms. The Bertz CT molecular complexity index is 1560. The van der Waals surface area contributed by atoms with Crippen LogP contribution in [0.1, 0.15) is 25.0 Å². The van der Waals surface area contributed by atoms with E-state index in [4.69, 9.17) is 26.8 Å². The first-order valence-electron chi connectivity index (χ1n) is 13.7. The molecular weight excluding hydrogens is 597 g/mol. The van der Waals surface area contributed by atoms with Crippen LogP contribution >= 0.6 is 11.6 Å². The smallest absolute Gasteiger partial charge is 0.324 e. The van der Waals surface area contributed by atoms with E-state index >= 15 is 0 Å². The van der Waals surface area contributed by atoms with Gasteiger partial charge in [-0.3, -0.25) is 9.59 Å². The van der Waals surface area contributed by atoms with Gasteiger partial charge in [-0.15, -0.1) is 0 Å². The van der Waals surface area contributed by atoms with Crippen LogP contribution in [0.15, 0.2) is 77.7 Å². The maximum atomic E-state index is 13.7. The van der Waals surface area contributed by atoms with Gasteiger partial charge in [0.05, 0.1) is 18.0 Å². The molecule has 0 saturated carbocycles. The number of nitrogens with two attached hydrogens (primary N) is 1. The van der Waals surface area contributed by atoms with Crippen molar-refractivity contribution in [2.24, 2.45) is 11.7 Å². The molecule has 1 unspecified atom stereocenters.